The molecule has 6 heteroatoms. The van der Waals surface area contributed by atoms with E-state index < -0.39 is 13.4 Å². The van der Waals surface area contributed by atoms with Crippen LogP contribution in [0.3, 0.4) is 0 Å². The number of hydrogen-bond donors (Lipinski definition) is 1. The Morgan fingerprint density at radius 2 is 1.08 bits per heavy atom. The summed E-state index contributed by atoms with van der Waals surface area (Å²) in [4.78, 5) is 16.2. The van der Waals surface area contributed by atoms with Crippen LogP contribution in [0.25, 0.3) is 0 Å². The van der Waals surface area contributed by atoms with Gasteiger partial charge in [0.05, 0.1) is 6.61 Å². The molecular formula is C33H53O5P. The van der Waals surface area contributed by atoms with Gasteiger partial charge in [-0.3, -0.25) is 4.52 Å². The minimum Gasteiger partial charge on any atom is -0.301 e. The fraction of sp³-hybridized carbons (Fsp3) is 0.636. The van der Waals surface area contributed by atoms with Gasteiger partial charge in [0.2, 0.25) is 0 Å². The monoisotopic (exact) mass is 560 g/mol. The normalized spacial score (nSPS) is 13.4. The Morgan fingerprint density at radius 3 is 1.51 bits per heavy atom. The number of hydrogen-bond acceptors (Lipinski definition) is 4. The van der Waals surface area contributed by atoms with Gasteiger partial charge in [-0.25, -0.2) is 9.45 Å². The van der Waals surface area contributed by atoms with Crippen LogP contribution in [0.15, 0.2) is 60.7 Å². The second-order valence-electron chi connectivity index (χ2n) is 11.0. The van der Waals surface area contributed by atoms with E-state index in [9.17, 15) is 9.46 Å². The van der Waals surface area contributed by atoms with Crippen molar-refractivity contribution in [2.75, 3.05) is 6.61 Å². The lowest BCUT2D eigenvalue weighted by Gasteiger charge is -2.33. The zero-order chi connectivity index (χ0) is 28.1. The lowest BCUT2D eigenvalue weighted by molar-refractivity contribution is -0.306. The van der Waals surface area contributed by atoms with Crippen LogP contribution in [-0.2, 0) is 31.5 Å². The third-order valence-electron chi connectivity index (χ3n) is 7.24. The molecule has 0 spiro atoms. The van der Waals surface area contributed by atoms with Gasteiger partial charge >= 0.3 is 7.82 Å². The summed E-state index contributed by atoms with van der Waals surface area (Å²) in [6.45, 7) is 4.29. The van der Waals surface area contributed by atoms with Crippen molar-refractivity contribution in [3.63, 3.8) is 0 Å². The number of phosphoric ester groups is 1. The fourth-order valence-electron chi connectivity index (χ4n) is 5.09. The molecule has 5 nitrogen and oxygen atoms in total. The summed E-state index contributed by atoms with van der Waals surface area (Å²) in [5.41, 5.74) is 1.43. The van der Waals surface area contributed by atoms with E-state index >= 15 is 0 Å². The molecule has 220 valence electrons. The number of benzene rings is 2. The van der Waals surface area contributed by atoms with E-state index in [0.717, 1.165) is 30.4 Å². The van der Waals surface area contributed by atoms with Crippen molar-refractivity contribution >= 4 is 7.82 Å². The number of rotatable bonds is 24. The van der Waals surface area contributed by atoms with Crippen LogP contribution in [0.1, 0.15) is 121 Å². The molecule has 0 amide bonds. The van der Waals surface area contributed by atoms with Gasteiger partial charge in [0.1, 0.15) is 5.60 Å². The molecule has 0 radical (unpaired) electrons. The van der Waals surface area contributed by atoms with Crippen LogP contribution >= 0.6 is 7.82 Å². The summed E-state index contributed by atoms with van der Waals surface area (Å²) in [5, 5.41) is 0. The highest BCUT2D eigenvalue weighted by atomic mass is 31.2. The van der Waals surface area contributed by atoms with Gasteiger partial charge in [-0.2, -0.15) is 0 Å². The summed E-state index contributed by atoms with van der Waals surface area (Å²) in [7, 11) is -4.31. The molecule has 0 aromatic heterocycles. The van der Waals surface area contributed by atoms with Crippen molar-refractivity contribution in [1.82, 2.24) is 0 Å². The molecule has 0 saturated heterocycles. The zero-order valence-corrected chi connectivity index (χ0v) is 25.4. The quantitative estimate of drug-likeness (QED) is 0.0599. The molecule has 2 rings (SSSR count). The van der Waals surface area contributed by atoms with E-state index in [2.05, 4.69) is 31.2 Å². The van der Waals surface area contributed by atoms with Gasteiger partial charge in [-0.05, 0) is 24.0 Å². The largest absolute Gasteiger partial charge is 0.499 e. The first kappa shape index (κ1) is 33.7. The molecule has 0 aliphatic heterocycles. The average molecular weight is 561 g/mol. The van der Waals surface area contributed by atoms with Crippen molar-refractivity contribution in [3.05, 3.63) is 71.8 Å². The Hall–Kier alpha value is -1.49. The third-order valence-corrected chi connectivity index (χ3v) is 8.01. The summed E-state index contributed by atoms with van der Waals surface area (Å²) in [6, 6.07) is 20.3. The molecule has 0 heterocycles. The predicted octanol–water partition coefficient (Wildman–Crippen LogP) is 10.2. The van der Waals surface area contributed by atoms with Crippen LogP contribution in [0.5, 0.6) is 0 Å². The van der Waals surface area contributed by atoms with Crippen LogP contribution in [0.2, 0.25) is 0 Å². The fourth-order valence-corrected chi connectivity index (χ4v) is 5.80. The van der Waals surface area contributed by atoms with E-state index in [0.29, 0.717) is 19.3 Å². The number of phosphoric acid groups is 1. The predicted molar refractivity (Wildman–Crippen MR) is 162 cm³/mol. The molecular weight excluding hydrogens is 507 g/mol. The molecule has 1 unspecified atom stereocenters. The maximum Gasteiger partial charge on any atom is 0.499 e. The van der Waals surface area contributed by atoms with Crippen LogP contribution < -0.4 is 0 Å². The Morgan fingerprint density at radius 1 is 0.641 bits per heavy atom. The van der Waals surface area contributed by atoms with Crippen LogP contribution in [-0.4, -0.2) is 17.1 Å². The summed E-state index contributed by atoms with van der Waals surface area (Å²) < 4.78 is 22.8. The maximum absolute atomic E-state index is 12.5. The van der Waals surface area contributed by atoms with E-state index in [4.69, 9.17) is 14.1 Å². The van der Waals surface area contributed by atoms with Crippen LogP contribution in [0, 0.1) is 0 Å². The maximum atomic E-state index is 12.5. The molecule has 0 bridgehead atoms. The Balaban J connectivity index is 1.93. The lowest BCUT2D eigenvalue weighted by Crippen LogP contribution is -2.38. The van der Waals surface area contributed by atoms with Gasteiger partial charge in [0.15, 0.2) is 0 Å². The highest BCUT2D eigenvalue weighted by Gasteiger charge is 2.37. The highest BCUT2D eigenvalue weighted by Crippen LogP contribution is 2.46. The van der Waals surface area contributed by atoms with Crippen LogP contribution in [0.4, 0.5) is 0 Å². The second kappa shape index (κ2) is 20.4. The molecule has 0 aliphatic rings. The van der Waals surface area contributed by atoms with E-state index in [-0.39, 0.29) is 6.61 Å². The minimum atomic E-state index is -4.31. The van der Waals surface area contributed by atoms with E-state index in [1.165, 1.54) is 70.6 Å². The van der Waals surface area contributed by atoms with Crippen molar-refractivity contribution in [2.24, 2.45) is 0 Å². The third kappa shape index (κ3) is 15.8. The molecule has 0 saturated carbocycles. The second-order valence-corrected chi connectivity index (χ2v) is 12.3. The molecule has 0 fully saturated rings. The first-order chi connectivity index (χ1) is 19.0. The zero-order valence-electron chi connectivity index (χ0n) is 24.5. The molecule has 1 N–H and O–H groups in total. The van der Waals surface area contributed by atoms with Crippen molar-refractivity contribution < 1.29 is 23.5 Å². The van der Waals surface area contributed by atoms with Gasteiger partial charge in [0, 0.05) is 12.8 Å². The SMILES string of the molecule is CCCCCCCCCCCCCCCC(Cc1ccccc1)(Cc1ccccc1)OOP(=O)(O)OCCC. The van der Waals surface area contributed by atoms with Gasteiger partial charge in [-0.15, -0.1) is 4.67 Å². The Kier molecular flexibility index (Phi) is 17.6. The minimum absolute atomic E-state index is 0.139. The van der Waals surface area contributed by atoms with Crippen molar-refractivity contribution in [2.45, 2.75) is 129 Å². The molecule has 39 heavy (non-hydrogen) atoms. The molecule has 2 aromatic carbocycles. The first-order valence-electron chi connectivity index (χ1n) is 15.4. The molecule has 1 atom stereocenters. The molecule has 0 aliphatic carbocycles. The smallest absolute Gasteiger partial charge is 0.301 e. The van der Waals surface area contributed by atoms with Gasteiger partial charge in [-0.1, -0.05) is 158 Å². The Labute approximate surface area is 238 Å². The van der Waals surface area contributed by atoms with E-state index in [1.54, 1.807) is 0 Å². The summed E-state index contributed by atoms with van der Waals surface area (Å²) in [6.07, 6.45) is 19.3. The number of unbranched alkanes of at least 4 members (excludes halogenated alkanes) is 12. The summed E-state index contributed by atoms with van der Waals surface area (Å²) in [5.74, 6) is 0. The average Bonchev–Trinajstić information content (AvgIpc) is 2.94. The molecule has 2 aromatic rings. The van der Waals surface area contributed by atoms with Gasteiger partial charge < -0.3 is 4.89 Å². The van der Waals surface area contributed by atoms with E-state index in [1.807, 2.05) is 43.3 Å². The van der Waals surface area contributed by atoms with Crippen molar-refractivity contribution in [1.29, 1.82) is 0 Å². The van der Waals surface area contributed by atoms with Crippen molar-refractivity contribution in [3.8, 4) is 0 Å². The standard InChI is InChI=1S/C33H53O5P/c1-3-5-6-7-8-9-10-11-12-13-14-15-22-27-33(29-31-23-18-16-19-24-31,30-32-25-20-17-21-26-32)37-38-39(34,35)36-28-4-2/h16-21,23-26H,3-15,22,27-30H2,1-2H3,(H,34,35). The first-order valence-corrected chi connectivity index (χ1v) is 16.9. The summed E-state index contributed by atoms with van der Waals surface area (Å²) >= 11 is 0. The topological polar surface area (TPSA) is 65.0 Å². The highest BCUT2D eigenvalue weighted by molar-refractivity contribution is 7.47. The van der Waals surface area contributed by atoms with Gasteiger partial charge in [0.25, 0.3) is 0 Å². The lowest BCUT2D eigenvalue weighted by atomic mass is 9.83. The Bertz CT molecular complexity index is 848.